The number of aromatic hydroxyl groups is 1. The Morgan fingerprint density at radius 1 is 1.06 bits per heavy atom. The Labute approximate surface area is 106 Å². The third kappa shape index (κ3) is 2.69. The first-order valence-corrected chi connectivity index (χ1v) is 5.74. The van der Waals surface area contributed by atoms with E-state index in [2.05, 4.69) is 5.32 Å². The van der Waals surface area contributed by atoms with E-state index in [1.807, 2.05) is 19.1 Å². The summed E-state index contributed by atoms with van der Waals surface area (Å²) in [5.74, 6) is 0.0726. The molecule has 0 atom stereocenters. The Morgan fingerprint density at radius 2 is 1.72 bits per heavy atom. The van der Waals surface area contributed by atoms with E-state index in [1.54, 1.807) is 37.3 Å². The van der Waals surface area contributed by atoms with E-state index in [0.717, 1.165) is 11.1 Å². The first kappa shape index (κ1) is 12.2. The van der Waals surface area contributed by atoms with E-state index < -0.39 is 0 Å². The molecule has 0 saturated carbocycles. The van der Waals surface area contributed by atoms with E-state index in [0.29, 0.717) is 11.3 Å². The largest absolute Gasteiger partial charge is 0.508 e. The Bertz CT molecular complexity index is 574. The van der Waals surface area contributed by atoms with Crippen LogP contribution in [-0.4, -0.2) is 11.0 Å². The summed E-state index contributed by atoms with van der Waals surface area (Å²) in [6.45, 7) is 3.77. The molecule has 2 N–H and O–H groups in total. The second kappa shape index (κ2) is 4.92. The maximum absolute atomic E-state index is 11.9. The highest BCUT2D eigenvalue weighted by atomic mass is 16.3. The maximum Gasteiger partial charge on any atom is 0.255 e. The molecule has 0 radical (unpaired) electrons. The molecular formula is C15H15NO2. The number of phenols is 1. The first-order chi connectivity index (χ1) is 8.56. The van der Waals surface area contributed by atoms with Crippen molar-refractivity contribution in [1.29, 1.82) is 0 Å². The minimum atomic E-state index is -0.153. The molecule has 3 heteroatoms. The number of aryl methyl sites for hydroxylation is 2. The quantitative estimate of drug-likeness (QED) is 0.793. The van der Waals surface area contributed by atoms with Gasteiger partial charge in [0.2, 0.25) is 0 Å². The Kier molecular flexibility index (Phi) is 3.33. The molecule has 1 amide bonds. The van der Waals surface area contributed by atoms with Gasteiger partial charge in [0.25, 0.3) is 5.91 Å². The summed E-state index contributed by atoms with van der Waals surface area (Å²) < 4.78 is 0. The fourth-order valence-corrected chi connectivity index (χ4v) is 1.64. The van der Waals surface area contributed by atoms with E-state index >= 15 is 0 Å². The lowest BCUT2D eigenvalue weighted by Crippen LogP contribution is -2.11. The van der Waals surface area contributed by atoms with Crippen LogP contribution >= 0.6 is 0 Å². The predicted octanol–water partition coefficient (Wildman–Crippen LogP) is 3.26. The Morgan fingerprint density at radius 3 is 2.33 bits per heavy atom. The molecule has 0 spiro atoms. The summed E-state index contributed by atoms with van der Waals surface area (Å²) in [4.78, 5) is 11.9. The van der Waals surface area contributed by atoms with Gasteiger partial charge >= 0.3 is 0 Å². The highest BCUT2D eigenvalue weighted by molar-refractivity contribution is 6.04. The number of carbonyl (C=O) groups excluding carboxylic acids is 1. The van der Waals surface area contributed by atoms with Gasteiger partial charge in [-0.05, 0) is 49.7 Å². The molecule has 0 aliphatic carbocycles. The third-order valence-corrected chi connectivity index (χ3v) is 2.77. The zero-order chi connectivity index (χ0) is 13.1. The molecule has 2 rings (SSSR count). The van der Waals surface area contributed by atoms with Gasteiger partial charge in [-0.25, -0.2) is 0 Å². The molecule has 0 fully saturated rings. The first-order valence-electron chi connectivity index (χ1n) is 5.74. The van der Waals surface area contributed by atoms with Gasteiger partial charge < -0.3 is 10.4 Å². The van der Waals surface area contributed by atoms with Crippen LogP contribution in [-0.2, 0) is 0 Å². The summed E-state index contributed by atoms with van der Waals surface area (Å²) in [5.41, 5.74) is 3.14. The van der Waals surface area contributed by atoms with Crippen molar-refractivity contribution in [3.8, 4) is 5.75 Å². The fraction of sp³-hybridized carbons (Fsp3) is 0.133. The smallest absolute Gasteiger partial charge is 0.255 e. The van der Waals surface area contributed by atoms with Gasteiger partial charge in [-0.1, -0.05) is 17.7 Å². The molecular weight excluding hydrogens is 226 g/mol. The molecule has 0 aliphatic rings. The van der Waals surface area contributed by atoms with Crippen molar-refractivity contribution >= 4 is 11.6 Å². The van der Waals surface area contributed by atoms with Crippen LogP contribution in [0.1, 0.15) is 21.5 Å². The average Bonchev–Trinajstić information content (AvgIpc) is 2.34. The van der Waals surface area contributed by atoms with E-state index in [1.165, 1.54) is 0 Å². The van der Waals surface area contributed by atoms with Crippen molar-refractivity contribution in [3.05, 3.63) is 59.2 Å². The Balaban J connectivity index is 2.16. The van der Waals surface area contributed by atoms with Gasteiger partial charge in [0.15, 0.2) is 0 Å². The van der Waals surface area contributed by atoms with E-state index in [4.69, 9.17) is 0 Å². The van der Waals surface area contributed by atoms with Crippen molar-refractivity contribution in [2.75, 3.05) is 5.32 Å². The molecule has 92 valence electrons. The van der Waals surface area contributed by atoms with Crippen LogP contribution in [0, 0.1) is 13.8 Å². The molecule has 0 saturated heterocycles. The van der Waals surface area contributed by atoms with Gasteiger partial charge in [-0.3, -0.25) is 4.79 Å². The molecule has 2 aromatic carbocycles. The number of phenolic OH excluding ortho intramolecular Hbond substituents is 1. The number of carbonyl (C=O) groups is 1. The second-order valence-corrected chi connectivity index (χ2v) is 4.32. The predicted molar refractivity (Wildman–Crippen MR) is 72.0 cm³/mol. The van der Waals surface area contributed by atoms with Gasteiger partial charge in [-0.2, -0.15) is 0 Å². The van der Waals surface area contributed by atoms with Crippen molar-refractivity contribution < 1.29 is 9.90 Å². The molecule has 0 bridgehead atoms. The molecule has 3 nitrogen and oxygen atoms in total. The summed E-state index contributed by atoms with van der Waals surface area (Å²) in [6.07, 6.45) is 0. The summed E-state index contributed by atoms with van der Waals surface area (Å²) >= 11 is 0. The number of hydrogen-bond donors (Lipinski definition) is 2. The second-order valence-electron chi connectivity index (χ2n) is 4.32. The van der Waals surface area contributed by atoms with Crippen LogP contribution in [0.3, 0.4) is 0 Å². The number of nitrogens with one attached hydrogen (secondary N) is 1. The molecule has 0 unspecified atom stereocenters. The lowest BCUT2D eigenvalue weighted by molar-refractivity contribution is 0.102. The lowest BCUT2D eigenvalue weighted by Gasteiger charge is -2.07. The zero-order valence-electron chi connectivity index (χ0n) is 10.4. The Hall–Kier alpha value is -2.29. The van der Waals surface area contributed by atoms with E-state index in [-0.39, 0.29) is 11.7 Å². The summed E-state index contributed by atoms with van der Waals surface area (Å²) in [6, 6.07) is 12.4. The molecule has 0 aliphatic heterocycles. The van der Waals surface area contributed by atoms with Gasteiger partial charge in [-0.15, -0.1) is 0 Å². The number of hydrogen-bond acceptors (Lipinski definition) is 2. The van der Waals surface area contributed by atoms with Crippen molar-refractivity contribution in [2.45, 2.75) is 13.8 Å². The molecule has 2 aromatic rings. The summed E-state index contributed by atoms with van der Waals surface area (Å²) in [5, 5.41) is 12.2. The normalized spacial score (nSPS) is 10.1. The number of amides is 1. The number of benzene rings is 2. The van der Waals surface area contributed by atoms with Crippen molar-refractivity contribution in [2.24, 2.45) is 0 Å². The maximum atomic E-state index is 11.9. The van der Waals surface area contributed by atoms with Crippen molar-refractivity contribution in [3.63, 3.8) is 0 Å². The minimum absolute atomic E-state index is 0.153. The van der Waals surface area contributed by atoms with Crippen LogP contribution in [0.5, 0.6) is 5.75 Å². The highest BCUT2D eigenvalue weighted by Gasteiger charge is 2.06. The van der Waals surface area contributed by atoms with Crippen molar-refractivity contribution in [1.82, 2.24) is 0 Å². The van der Waals surface area contributed by atoms with Crippen LogP contribution in [0.25, 0.3) is 0 Å². The van der Waals surface area contributed by atoms with Crippen LogP contribution < -0.4 is 5.32 Å². The number of anilines is 1. The average molecular weight is 241 g/mol. The third-order valence-electron chi connectivity index (χ3n) is 2.77. The topological polar surface area (TPSA) is 49.3 Å². The minimum Gasteiger partial charge on any atom is -0.508 e. The monoisotopic (exact) mass is 241 g/mol. The van der Waals surface area contributed by atoms with Crippen LogP contribution in [0.4, 0.5) is 5.69 Å². The van der Waals surface area contributed by atoms with Gasteiger partial charge in [0, 0.05) is 11.3 Å². The fourth-order valence-electron chi connectivity index (χ4n) is 1.64. The zero-order valence-corrected chi connectivity index (χ0v) is 10.4. The lowest BCUT2D eigenvalue weighted by atomic mass is 10.1. The van der Waals surface area contributed by atoms with E-state index in [9.17, 15) is 9.90 Å². The highest BCUT2D eigenvalue weighted by Crippen LogP contribution is 2.20. The summed E-state index contributed by atoms with van der Waals surface area (Å²) in [7, 11) is 0. The van der Waals surface area contributed by atoms with Gasteiger partial charge in [0.1, 0.15) is 5.75 Å². The molecule has 0 heterocycles. The number of rotatable bonds is 2. The van der Waals surface area contributed by atoms with Crippen LogP contribution in [0.15, 0.2) is 42.5 Å². The standard InChI is InChI=1S/C15H15NO2/c1-10-3-5-12(6-4-10)15(18)16-13-7-8-14(17)11(2)9-13/h3-9,17H,1-2H3,(H,16,18). The molecule has 18 heavy (non-hydrogen) atoms. The van der Waals surface area contributed by atoms with Crippen LogP contribution in [0.2, 0.25) is 0 Å². The van der Waals surface area contributed by atoms with Gasteiger partial charge in [0.05, 0.1) is 0 Å². The SMILES string of the molecule is Cc1ccc(C(=O)Nc2ccc(O)c(C)c2)cc1. The molecule has 0 aromatic heterocycles.